The molecule has 0 amide bonds. The van der Waals surface area contributed by atoms with E-state index in [1.807, 2.05) is 7.11 Å². The van der Waals surface area contributed by atoms with Gasteiger partial charge < -0.3 is 4.74 Å². The van der Waals surface area contributed by atoms with Gasteiger partial charge in [0.2, 0.25) is 0 Å². The summed E-state index contributed by atoms with van der Waals surface area (Å²) in [5, 5.41) is 0. The van der Waals surface area contributed by atoms with Gasteiger partial charge in [-0.3, -0.25) is 0 Å². The third-order valence-electron chi connectivity index (χ3n) is 3.23. The van der Waals surface area contributed by atoms with Crippen molar-refractivity contribution in [1.29, 1.82) is 0 Å². The van der Waals surface area contributed by atoms with E-state index in [4.69, 9.17) is 4.74 Å². The maximum atomic E-state index is 5.56. The SMILES string of the molecule is CO[C@@H]1CCCC[C@@H]1c1ccccc1. The zero-order chi connectivity index (χ0) is 9.80. The highest BCUT2D eigenvalue weighted by molar-refractivity contribution is 5.21. The van der Waals surface area contributed by atoms with E-state index in [1.54, 1.807) is 0 Å². The van der Waals surface area contributed by atoms with Gasteiger partial charge in [-0.1, -0.05) is 43.2 Å². The molecule has 1 fully saturated rings. The van der Waals surface area contributed by atoms with Gasteiger partial charge in [0.15, 0.2) is 0 Å². The summed E-state index contributed by atoms with van der Waals surface area (Å²) in [7, 11) is 1.84. The van der Waals surface area contributed by atoms with Crippen molar-refractivity contribution in [3.63, 3.8) is 0 Å². The second kappa shape index (κ2) is 4.61. The Bertz CT molecular complexity index is 268. The van der Waals surface area contributed by atoms with Gasteiger partial charge in [-0.15, -0.1) is 0 Å². The topological polar surface area (TPSA) is 9.23 Å². The molecule has 0 bridgehead atoms. The van der Waals surface area contributed by atoms with Crippen LogP contribution in [0.25, 0.3) is 0 Å². The Labute approximate surface area is 86.1 Å². The molecule has 76 valence electrons. The van der Waals surface area contributed by atoms with Crippen LogP contribution in [0.15, 0.2) is 30.3 Å². The molecule has 14 heavy (non-hydrogen) atoms. The van der Waals surface area contributed by atoms with Crippen LogP contribution in [0, 0.1) is 0 Å². The van der Waals surface area contributed by atoms with Gasteiger partial charge >= 0.3 is 0 Å². The van der Waals surface area contributed by atoms with Crippen LogP contribution in [0.2, 0.25) is 0 Å². The standard InChI is InChI=1S/C13H18O/c1-14-13-10-6-5-9-12(13)11-7-3-2-4-8-11/h2-4,7-8,12-13H,5-6,9-10H2,1H3/t12-,13-/m1/s1. The van der Waals surface area contributed by atoms with Gasteiger partial charge in [-0.25, -0.2) is 0 Å². The van der Waals surface area contributed by atoms with Crippen LogP contribution in [-0.2, 0) is 4.74 Å². The maximum absolute atomic E-state index is 5.56. The van der Waals surface area contributed by atoms with Crippen molar-refractivity contribution in [2.75, 3.05) is 7.11 Å². The summed E-state index contributed by atoms with van der Waals surface area (Å²) >= 11 is 0. The third kappa shape index (κ3) is 1.98. The average Bonchev–Trinajstić information content (AvgIpc) is 2.30. The Balaban J connectivity index is 2.15. The average molecular weight is 190 g/mol. The highest BCUT2D eigenvalue weighted by Crippen LogP contribution is 2.34. The Kier molecular flexibility index (Phi) is 3.20. The van der Waals surface area contributed by atoms with Crippen molar-refractivity contribution in [3.05, 3.63) is 35.9 Å². The van der Waals surface area contributed by atoms with Gasteiger partial charge in [0.05, 0.1) is 6.10 Å². The quantitative estimate of drug-likeness (QED) is 0.695. The number of rotatable bonds is 2. The van der Waals surface area contributed by atoms with Gasteiger partial charge in [0, 0.05) is 13.0 Å². The largest absolute Gasteiger partial charge is 0.381 e. The van der Waals surface area contributed by atoms with E-state index < -0.39 is 0 Å². The first-order valence-electron chi connectivity index (χ1n) is 5.49. The minimum absolute atomic E-state index is 0.436. The molecule has 0 aromatic heterocycles. The predicted molar refractivity (Wildman–Crippen MR) is 58.4 cm³/mol. The van der Waals surface area contributed by atoms with E-state index in [1.165, 1.54) is 31.2 Å². The van der Waals surface area contributed by atoms with Crippen molar-refractivity contribution in [2.45, 2.75) is 37.7 Å². The first-order valence-corrected chi connectivity index (χ1v) is 5.49. The maximum Gasteiger partial charge on any atom is 0.0639 e. The molecule has 1 saturated carbocycles. The summed E-state index contributed by atoms with van der Waals surface area (Å²) < 4.78 is 5.56. The second-order valence-electron chi connectivity index (χ2n) is 4.08. The number of hydrogen-bond acceptors (Lipinski definition) is 1. The molecule has 1 aromatic carbocycles. The molecule has 1 nitrogen and oxygen atoms in total. The molecule has 2 rings (SSSR count). The normalized spacial score (nSPS) is 27.5. The number of ether oxygens (including phenoxy) is 1. The van der Waals surface area contributed by atoms with Crippen molar-refractivity contribution >= 4 is 0 Å². The summed E-state index contributed by atoms with van der Waals surface area (Å²) in [4.78, 5) is 0. The number of methoxy groups -OCH3 is 1. The third-order valence-corrected chi connectivity index (χ3v) is 3.23. The van der Waals surface area contributed by atoms with E-state index in [-0.39, 0.29) is 0 Å². The molecule has 1 aliphatic carbocycles. The molecule has 1 aliphatic rings. The molecule has 0 aliphatic heterocycles. The minimum atomic E-state index is 0.436. The fourth-order valence-electron chi connectivity index (χ4n) is 2.46. The summed E-state index contributed by atoms with van der Waals surface area (Å²) in [6, 6.07) is 10.8. The highest BCUT2D eigenvalue weighted by atomic mass is 16.5. The summed E-state index contributed by atoms with van der Waals surface area (Å²) in [6.45, 7) is 0. The molecule has 0 spiro atoms. The highest BCUT2D eigenvalue weighted by Gasteiger charge is 2.25. The first kappa shape index (κ1) is 9.72. The summed E-state index contributed by atoms with van der Waals surface area (Å²) in [5.41, 5.74) is 1.44. The van der Waals surface area contributed by atoms with Gasteiger partial charge in [0.25, 0.3) is 0 Å². The molecule has 0 N–H and O–H groups in total. The molecular formula is C13H18O. The van der Waals surface area contributed by atoms with E-state index in [0.29, 0.717) is 12.0 Å². The van der Waals surface area contributed by atoms with Crippen LogP contribution in [0.5, 0.6) is 0 Å². The molecular weight excluding hydrogens is 172 g/mol. The van der Waals surface area contributed by atoms with Crippen molar-refractivity contribution in [1.82, 2.24) is 0 Å². The lowest BCUT2D eigenvalue weighted by Gasteiger charge is -2.30. The van der Waals surface area contributed by atoms with Crippen LogP contribution in [-0.4, -0.2) is 13.2 Å². The van der Waals surface area contributed by atoms with E-state index in [0.717, 1.165) is 0 Å². The van der Waals surface area contributed by atoms with Gasteiger partial charge in [0.1, 0.15) is 0 Å². The fourth-order valence-corrected chi connectivity index (χ4v) is 2.46. The van der Waals surface area contributed by atoms with Crippen LogP contribution in [0.4, 0.5) is 0 Å². The van der Waals surface area contributed by atoms with E-state index in [9.17, 15) is 0 Å². The van der Waals surface area contributed by atoms with E-state index in [2.05, 4.69) is 30.3 Å². The molecule has 0 heterocycles. The lowest BCUT2D eigenvalue weighted by molar-refractivity contribution is 0.0523. The van der Waals surface area contributed by atoms with Crippen LogP contribution in [0.1, 0.15) is 37.2 Å². The molecule has 1 aromatic rings. The lowest BCUT2D eigenvalue weighted by atomic mass is 9.82. The zero-order valence-electron chi connectivity index (χ0n) is 8.78. The lowest BCUT2D eigenvalue weighted by Crippen LogP contribution is -2.24. The Morgan fingerprint density at radius 2 is 1.79 bits per heavy atom. The smallest absolute Gasteiger partial charge is 0.0639 e. The molecule has 2 atom stereocenters. The Morgan fingerprint density at radius 1 is 1.07 bits per heavy atom. The molecule has 0 unspecified atom stereocenters. The Morgan fingerprint density at radius 3 is 2.50 bits per heavy atom. The zero-order valence-corrected chi connectivity index (χ0v) is 8.78. The van der Waals surface area contributed by atoms with Crippen LogP contribution < -0.4 is 0 Å². The van der Waals surface area contributed by atoms with E-state index >= 15 is 0 Å². The van der Waals surface area contributed by atoms with Crippen LogP contribution >= 0.6 is 0 Å². The Hall–Kier alpha value is -0.820. The summed E-state index contributed by atoms with van der Waals surface area (Å²) in [6.07, 6.45) is 5.60. The molecule has 1 heteroatoms. The summed E-state index contributed by atoms with van der Waals surface area (Å²) in [5.74, 6) is 0.620. The number of benzene rings is 1. The predicted octanol–water partition coefficient (Wildman–Crippen LogP) is 3.36. The molecule has 0 saturated heterocycles. The monoisotopic (exact) mass is 190 g/mol. The van der Waals surface area contributed by atoms with Gasteiger partial charge in [-0.05, 0) is 18.4 Å². The van der Waals surface area contributed by atoms with Crippen molar-refractivity contribution in [3.8, 4) is 0 Å². The van der Waals surface area contributed by atoms with Crippen LogP contribution in [0.3, 0.4) is 0 Å². The second-order valence-corrected chi connectivity index (χ2v) is 4.08. The van der Waals surface area contributed by atoms with Crippen molar-refractivity contribution < 1.29 is 4.74 Å². The molecule has 0 radical (unpaired) electrons. The minimum Gasteiger partial charge on any atom is -0.381 e. The first-order chi connectivity index (χ1) is 6.92. The fraction of sp³-hybridized carbons (Fsp3) is 0.538. The number of hydrogen-bond donors (Lipinski definition) is 0. The van der Waals surface area contributed by atoms with Gasteiger partial charge in [-0.2, -0.15) is 0 Å². The van der Waals surface area contributed by atoms with Crippen molar-refractivity contribution in [2.24, 2.45) is 0 Å².